The Hall–Kier alpha value is -3.27. The van der Waals surface area contributed by atoms with Crippen LogP contribution in [0.4, 0.5) is 19.0 Å². The Morgan fingerprint density at radius 1 is 1.18 bits per heavy atom. The van der Waals surface area contributed by atoms with E-state index in [-0.39, 0.29) is 29.0 Å². The van der Waals surface area contributed by atoms with Crippen LogP contribution in [0.15, 0.2) is 18.2 Å². The standard InChI is InChI=1S/C28H33F3N6O3/c1-17(20-12-19(16-32)13-21(14-20)28(29,30)31)33-25-24(26-39-10-3-11-40-26)22(34-18(2)35-25)15-23(38)36-27-4-7-37(8-5-27)9-6-27/h12-14,17,26H,3-11,15H2,1-2H3,(H,36,38)(H,33,34,35). The van der Waals surface area contributed by atoms with Crippen LogP contribution in [-0.2, 0) is 26.9 Å². The summed E-state index contributed by atoms with van der Waals surface area (Å²) in [5.41, 5.74) is -0.0427. The number of fused-ring (bicyclic) bond motifs is 3. The molecule has 0 saturated carbocycles. The monoisotopic (exact) mass is 558 g/mol. The fraction of sp³-hybridized carbons (Fsp3) is 0.571. The molecule has 214 valence electrons. The molecule has 4 fully saturated rings. The number of hydrogen-bond acceptors (Lipinski definition) is 8. The van der Waals surface area contributed by atoms with Crippen molar-refractivity contribution >= 4 is 11.7 Å². The second kappa shape index (κ2) is 11.3. The molecule has 5 heterocycles. The zero-order valence-corrected chi connectivity index (χ0v) is 22.6. The molecule has 1 unspecified atom stereocenters. The maximum atomic E-state index is 13.5. The van der Waals surface area contributed by atoms with E-state index >= 15 is 0 Å². The fourth-order valence-corrected chi connectivity index (χ4v) is 5.71. The zero-order valence-electron chi connectivity index (χ0n) is 22.6. The van der Waals surface area contributed by atoms with Crippen molar-refractivity contribution < 1.29 is 27.4 Å². The number of nitrogens with one attached hydrogen (secondary N) is 2. The van der Waals surface area contributed by atoms with Gasteiger partial charge in [0.05, 0.1) is 54.1 Å². The van der Waals surface area contributed by atoms with Crippen molar-refractivity contribution in [2.45, 2.75) is 70.0 Å². The minimum absolute atomic E-state index is 0.0153. The number of halogens is 3. The largest absolute Gasteiger partial charge is 0.416 e. The highest BCUT2D eigenvalue weighted by Crippen LogP contribution is 2.36. The topological polar surface area (TPSA) is 112 Å². The third-order valence-corrected chi connectivity index (χ3v) is 7.92. The molecule has 1 atom stereocenters. The second-order valence-electron chi connectivity index (χ2n) is 10.8. The van der Waals surface area contributed by atoms with Crippen LogP contribution in [-0.4, -0.2) is 59.2 Å². The van der Waals surface area contributed by atoms with Gasteiger partial charge in [0.15, 0.2) is 6.29 Å². The predicted octanol–water partition coefficient (Wildman–Crippen LogP) is 4.18. The number of nitrogens with zero attached hydrogens (tertiary/aromatic N) is 4. The van der Waals surface area contributed by atoms with E-state index in [0.717, 1.165) is 51.0 Å². The molecule has 1 amide bonds. The highest BCUT2D eigenvalue weighted by Gasteiger charge is 2.40. The van der Waals surface area contributed by atoms with Gasteiger partial charge < -0.3 is 25.0 Å². The van der Waals surface area contributed by atoms with Crippen molar-refractivity contribution in [3.8, 4) is 6.07 Å². The number of hydrogen-bond donors (Lipinski definition) is 2. The van der Waals surface area contributed by atoms with Crippen molar-refractivity contribution in [3.05, 3.63) is 52.0 Å². The average Bonchev–Trinajstić information content (AvgIpc) is 2.93. The van der Waals surface area contributed by atoms with Crippen LogP contribution in [0.5, 0.6) is 0 Å². The first kappa shape index (κ1) is 28.3. The third-order valence-electron chi connectivity index (χ3n) is 7.92. The van der Waals surface area contributed by atoms with Gasteiger partial charge in [0, 0.05) is 25.2 Å². The van der Waals surface area contributed by atoms with Gasteiger partial charge in [-0.1, -0.05) is 0 Å². The van der Waals surface area contributed by atoms with Gasteiger partial charge in [-0.15, -0.1) is 0 Å². The first-order valence-corrected chi connectivity index (χ1v) is 13.6. The van der Waals surface area contributed by atoms with E-state index in [0.29, 0.717) is 42.5 Å². The number of piperidine rings is 3. The summed E-state index contributed by atoms with van der Waals surface area (Å²) in [4.78, 5) is 24.9. The van der Waals surface area contributed by atoms with E-state index in [1.807, 2.05) is 0 Å². The van der Waals surface area contributed by atoms with E-state index in [1.54, 1.807) is 19.9 Å². The number of carbonyl (C=O) groups is 1. The van der Waals surface area contributed by atoms with Gasteiger partial charge in [0.2, 0.25) is 5.91 Å². The second-order valence-corrected chi connectivity index (χ2v) is 10.8. The first-order valence-electron chi connectivity index (χ1n) is 13.6. The molecule has 4 aliphatic heterocycles. The number of aryl methyl sites for hydroxylation is 1. The van der Waals surface area contributed by atoms with Gasteiger partial charge in [-0.25, -0.2) is 9.97 Å². The van der Waals surface area contributed by atoms with Crippen LogP contribution in [0.25, 0.3) is 0 Å². The van der Waals surface area contributed by atoms with Crippen molar-refractivity contribution in [1.29, 1.82) is 5.26 Å². The lowest BCUT2D eigenvalue weighted by atomic mass is 9.80. The molecular weight excluding hydrogens is 525 g/mol. The molecule has 0 radical (unpaired) electrons. The summed E-state index contributed by atoms with van der Waals surface area (Å²) >= 11 is 0. The van der Waals surface area contributed by atoms with Crippen LogP contribution in [0.3, 0.4) is 0 Å². The first-order chi connectivity index (χ1) is 19.0. The zero-order chi connectivity index (χ0) is 28.5. The Labute approximate surface area is 231 Å². The number of aromatic nitrogens is 2. The third kappa shape index (κ3) is 6.22. The highest BCUT2D eigenvalue weighted by atomic mass is 19.4. The molecule has 1 aromatic heterocycles. The van der Waals surface area contributed by atoms with Crippen molar-refractivity contribution in [1.82, 2.24) is 20.2 Å². The SMILES string of the molecule is Cc1nc(CC(=O)NC23CCN(CC2)CC3)c(C2OCCCO2)c(NC(C)c2cc(C#N)cc(C(F)(F)F)c2)n1. The number of benzene rings is 1. The minimum Gasteiger partial charge on any atom is -0.363 e. The minimum atomic E-state index is -4.60. The van der Waals surface area contributed by atoms with E-state index in [2.05, 4.69) is 25.5 Å². The number of ether oxygens (including phenoxy) is 2. The van der Waals surface area contributed by atoms with Crippen LogP contribution in [0, 0.1) is 18.3 Å². The van der Waals surface area contributed by atoms with E-state index < -0.39 is 24.1 Å². The molecule has 4 saturated heterocycles. The van der Waals surface area contributed by atoms with Crippen LogP contribution in [0.2, 0.25) is 0 Å². The number of amides is 1. The number of alkyl halides is 3. The van der Waals surface area contributed by atoms with Gasteiger partial charge >= 0.3 is 6.18 Å². The van der Waals surface area contributed by atoms with E-state index in [9.17, 15) is 23.2 Å². The number of anilines is 1. The lowest BCUT2D eigenvalue weighted by molar-refractivity contribution is -0.183. The molecule has 2 aromatic rings. The lowest BCUT2D eigenvalue weighted by Gasteiger charge is -2.48. The van der Waals surface area contributed by atoms with E-state index in [4.69, 9.17) is 9.47 Å². The van der Waals surface area contributed by atoms with Gasteiger partial charge in [0.25, 0.3) is 0 Å². The molecule has 2 N–H and O–H groups in total. The summed E-state index contributed by atoms with van der Waals surface area (Å²) in [6.45, 7) is 7.17. The van der Waals surface area contributed by atoms with Crippen LogP contribution >= 0.6 is 0 Å². The van der Waals surface area contributed by atoms with Gasteiger partial charge in [-0.3, -0.25) is 4.79 Å². The fourth-order valence-electron chi connectivity index (χ4n) is 5.71. The van der Waals surface area contributed by atoms with Gasteiger partial charge in [-0.2, -0.15) is 18.4 Å². The molecule has 4 aliphatic rings. The summed E-state index contributed by atoms with van der Waals surface area (Å²) in [5.74, 6) is 0.554. The molecule has 6 rings (SSSR count). The lowest BCUT2D eigenvalue weighted by Crippen LogP contribution is -2.61. The van der Waals surface area contributed by atoms with E-state index in [1.165, 1.54) is 6.07 Å². The summed E-state index contributed by atoms with van der Waals surface area (Å²) in [7, 11) is 0. The molecule has 40 heavy (non-hydrogen) atoms. The number of nitriles is 1. The summed E-state index contributed by atoms with van der Waals surface area (Å²) < 4.78 is 52.3. The Bertz CT molecular complexity index is 1280. The molecule has 0 aliphatic carbocycles. The van der Waals surface area contributed by atoms with Gasteiger partial charge in [0.1, 0.15) is 11.6 Å². The summed E-state index contributed by atoms with van der Waals surface area (Å²) in [6, 6.07) is 4.39. The molecule has 9 nitrogen and oxygen atoms in total. The quantitative estimate of drug-likeness (QED) is 0.521. The van der Waals surface area contributed by atoms with Crippen molar-refractivity contribution in [2.24, 2.45) is 0 Å². The molecule has 12 heteroatoms. The van der Waals surface area contributed by atoms with Crippen LogP contribution in [0.1, 0.15) is 78.7 Å². The molecule has 1 aromatic carbocycles. The highest BCUT2D eigenvalue weighted by molar-refractivity contribution is 5.80. The Balaban J connectivity index is 1.45. The predicted molar refractivity (Wildman–Crippen MR) is 139 cm³/mol. The smallest absolute Gasteiger partial charge is 0.363 e. The van der Waals surface area contributed by atoms with Gasteiger partial charge in [-0.05, 0) is 63.3 Å². The van der Waals surface area contributed by atoms with Crippen molar-refractivity contribution in [2.75, 3.05) is 38.2 Å². The normalized spacial score (nSPS) is 23.9. The molecule has 2 bridgehead atoms. The maximum absolute atomic E-state index is 13.5. The summed E-state index contributed by atoms with van der Waals surface area (Å²) in [6.07, 6.45) is -2.01. The van der Waals surface area contributed by atoms with Crippen molar-refractivity contribution in [3.63, 3.8) is 0 Å². The molecule has 0 spiro atoms. The maximum Gasteiger partial charge on any atom is 0.416 e. The Morgan fingerprint density at radius 2 is 1.85 bits per heavy atom. The summed E-state index contributed by atoms with van der Waals surface area (Å²) in [5, 5.41) is 15.8. The number of rotatable bonds is 7. The molecular formula is C28H33F3N6O3. The Morgan fingerprint density at radius 3 is 2.48 bits per heavy atom. The Kier molecular flexibility index (Phi) is 7.99. The number of carbonyl (C=O) groups excluding carboxylic acids is 1. The van der Waals surface area contributed by atoms with Crippen LogP contribution < -0.4 is 10.6 Å². The average molecular weight is 559 g/mol.